The molecule has 0 saturated carbocycles. The Balaban J connectivity index is 0.000000192. The second-order valence-electron chi connectivity index (χ2n) is 7.07. The van der Waals surface area contributed by atoms with Crippen molar-refractivity contribution in [2.45, 2.75) is 17.0 Å². The summed E-state index contributed by atoms with van der Waals surface area (Å²) in [7, 11) is 0. The van der Waals surface area contributed by atoms with Gasteiger partial charge in [-0.1, -0.05) is 67.6 Å². The lowest BCUT2D eigenvalue weighted by Crippen LogP contribution is -2.24. The summed E-state index contributed by atoms with van der Waals surface area (Å²) in [5, 5.41) is 2.25. The SMILES string of the molecule is CCC(I)(Oc1cccc2ncccc12)c1ccccc1.c1ccc2ncccc2c1. The molecule has 154 valence electrons. The second kappa shape index (κ2) is 9.88. The highest BCUT2D eigenvalue weighted by atomic mass is 127. The molecule has 0 aliphatic rings. The number of ether oxygens (including phenoxy) is 1. The maximum atomic E-state index is 6.40. The minimum absolute atomic E-state index is 0.372. The Bertz CT molecular complexity index is 1210. The molecule has 2 aromatic heterocycles. The molecule has 5 aromatic rings. The Morgan fingerprint density at radius 3 is 2.13 bits per heavy atom. The molecule has 0 amide bonds. The molecule has 1 unspecified atom stereocenters. The van der Waals surface area contributed by atoms with Crippen molar-refractivity contribution < 1.29 is 4.74 Å². The van der Waals surface area contributed by atoms with Gasteiger partial charge in [0, 0.05) is 28.7 Å². The molecule has 3 aromatic carbocycles. The number of hydrogen-bond acceptors (Lipinski definition) is 3. The number of hydrogen-bond donors (Lipinski definition) is 0. The fourth-order valence-corrected chi connectivity index (χ4v) is 3.97. The Labute approximate surface area is 196 Å². The molecule has 0 radical (unpaired) electrons. The van der Waals surface area contributed by atoms with Crippen molar-refractivity contribution in [1.29, 1.82) is 0 Å². The van der Waals surface area contributed by atoms with Gasteiger partial charge in [-0.25, -0.2) is 0 Å². The predicted molar refractivity (Wildman–Crippen MR) is 137 cm³/mol. The third-order valence-electron chi connectivity index (χ3n) is 5.05. The fraction of sp³-hybridized carbons (Fsp3) is 0.111. The average Bonchev–Trinajstić information content (AvgIpc) is 2.85. The van der Waals surface area contributed by atoms with E-state index >= 15 is 0 Å². The van der Waals surface area contributed by atoms with E-state index in [2.05, 4.69) is 69.8 Å². The van der Waals surface area contributed by atoms with E-state index in [1.165, 1.54) is 10.9 Å². The van der Waals surface area contributed by atoms with Crippen molar-refractivity contribution in [3.8, 4) is 5.75 Å². The molecule has 0 fully saturated rings. The van der Waals surface area contributed by atoms with Crippen LogP contribution in [0.15, 0.2) is 109 Å². The molecule has 0 saturated heterocycles. The Morgan fingerprint density at radius 1 is 0.710 bits per heavy atom. The Hall–Kier alpha value is -2.99. The number of rotatable bonds is 4. The number of benzene rings is 3. The van der Waals surface area contributed by atoms with Gasteiger partial charge in [-0.3, -0.25) is 9.97 Å². The molecule has 5 rings (SSSR count). The van der Waals surface area contributed by atoms with Crippen LogP contribution in [0.4, 0.5) is 0 Å². The van der Waals surface area contributed by atoms with Crippen molar-refractivity contribution in [1.82, 2.24) is 9.97 Å². The topological polar surface area (TPSA) is 35.0 Å². The van der Waals surface area contributed by atoms with Gasteiger partial charge in [-0.05, 0) is 65.4 Å². The van der Waals surface area contributed by atoms with E-state index in [-0.39, 0.29) is 3.61 Å². The van der Waals surface area contributed by atoms with Crippen LogP contribution in [0, 0.1) is 0 Å². The normalized spacial score (nSPS) is 12.6. The van der Waals surface area contributed by atoms with E-state index in [1.54, 1.807) is 6.20 Å². The van der Waals surface area contributed by atoms with Gasteiger partial charge < -0.3 is 4.74 Å². The van der Waals surface area contributed by atoms with Crippen LogP contribution in [-0.4, -0.2) is 9.97 Å². The van der Waals surface area contributed by atoms with Crippen LogP contribution in [-0.2, 0) is 3.61 Å². The van der Waals surface area contributed by atoms with Crippen molar-refractivity contribution in [2.24, 2.45) is 0 Å². The molecule has 31 heavy (non-hydrogen) atoms. The number of alkyl halides is 1. The number of pyridine rings is 2. The lowest BCUT2D eigenvalue weighted by molar-refractivity contribution is 0.184. The van der Waals surface area contributed by atoms with Crippen LogP contribution in [0.5, 0.6) is 5.75 Å². The second-order valence-corrected chi connectivity index (χ2v) is 8.81. The summed E-state index contributed by atoms with van der Waals surface area (Å²) in [6.45, 7) is 2.14. The number of aromatic nitrogens is 2. The number of halogens is 1. The van der Waals surface area contributed by atoms with E-state index in [0.717, 1.165) is 28.6 Å². The molecular weight excluding hydrogens is 495 g/mol. The summed E-state index contributed by atoms with van der Waals surface area (Å²) >= 11 is 2.40. The third kappa shape index (κ3) is 5.02. The summed E-state index contributed by atoms with van der Waals surface area (Å²) in [4.78, 5) is 8.57. The van der Waals surface area contributed by atoms with E-state index < -0.39 is 0 Å². The summed E-state index contributed by atoms with van der Waals surface area (Å²) < 4.78 is 6.03. The van der Waals surface area contributed by atoms with Crippen LogP contribution in [0.2, 0.25) is 0 Å². The summed E-state index contributed by atoms with van der Waals surface area (Å²) in [5.41, 5.74) is 3.19. The highest BCUT2D eigenvalue weighted by Crippen LogP contribution is 2.39. The third-order valence-corrected chi connectivity index (χ3v) is 6.66. The van der Waals surface area contributed by atoms with Gasteiger partial charge in [-0.15, -0.1) is 0 Å². The summed E-state index contributed by atoms with van der Waals surface area (Å²) in [6, 6.07) is 32.4. The van der Waals surface area contributed by atoms with Crippen LogP contribution >= 0.6 is 22.6 Å². The van der Waals surface area contributed by atoms with Gasteiger partial charge in [0.1, 0.15) is 5.75 Å². The molecule has 4 heteroatoms. The van der Waals surface area contributed by atoms with Gasteiger partial charge in [0.15, 0.2) is 3.61 Å². The predicted octanol–water partition coefficient (Wildman–Crippen LogP) is 7.55. The van der Waals surface area contributed by atoms with Crippen molar-refractivity contribution in [3.05, 3.63) is 115 Å². The van der Waals surface area contributed by atoms with Crippen LogP contribution < -0.4 is 4.74 Å². The summed E-state index contributed by atoms with van der Waals surface area (Å²) in [5.74, 6) is 0.876. The quantitative estimate of drug-likeness (QED) is 0.182. The average molecular weight is 518 g/mol. The zero-order valence-electron chi connectivity index (χ0n) is 17.3. The van der Waals surface area contributed by atoms with Gasteiger partial charge in [0.05, 0.1) is 11.0 Å². The van der Waals surface area contributed by atoms with E-state index in [0.29, 0.717) is 0 Å². The molecule has 1 atom stereocenters. The van der Waals surface area contributed by atoms with Crippen LogP contribution in [0.1, 0.15) is 18.9 Å². The smallest absolute Gasteiger partial charge is 0.184 e. The molecule has 0 aliphatic carbocycles. The van der Waals surface area contributed by atoms with Crippen LogP contribution in [0.25, 0.3) is 21.8 Å². The minimum Gasteiger partial charge on any atom is -0.472 e. The van der Waals surface area contributed by atoms with Crippen molar-refractivity contribution in [3.63, 3.8) is 0 Å². The molecule has 0 bridgehead atoms. The number of nitrogens with zero attached hydrogens (tertiary/aromatic N) is 2. The molecule has 2 heterocycles. The first-order valence-electron chi connectivity index (χ1n) is 10.3. The molecule has 0 N–H and O–H groups in total. The number of fused-ring (bicyclic) bond motifs is 2. The maximum absolute atomic E-state index is 6.40. The van der Waals surface area contributed by atoms with Gasteiger partial charge >= 0.3 is 0 Å². The highest BCUT2D eigenvalue weighted by molar-refractivity contribution is 14.1. The zero-order valence-corrected chi connectivity index (χ0v) is 19.4. The van der Waals surface area contributed by atoms with E-state index in [9.17, 15) is 0 Å². The first-order valence-corrected chi connectivity index (χ1v) is 11.3. The first kappa shape index (κ1) is 21.2. The van der Waals surface area contributed by atoms with E-state index in [4.69, 9.17) is 4.74 Å². The van der Waals surface area contributed by atoms with E-state index in [1.807, 2.05) is 72.9 Å². The van der Waals surface area contributed by atoms with Gasteiger partial charge in [0.2, 0.25) is 0 Å². The van der Waals surface area contributed by atoms with Gasteiger partial charge in [0.25, 0.3) is 0 Å². The lowest BCUT2D eigenvalue weighted by atomic mass is 10.1. The molecular formula is C27H23IN2O. The monoisotopic (exact) mass is 518 g/mol. The zero-order chi connectivity index (χ0) is 21.5. The largest absolute Gasteiger partial charge is 0.472 e. The lowest BCUT2D eigenvalue weighted by Gasteiger charge is -2.28. The van der Waals surface area contributed by atoms with Crippen LogP contribution in [0.3, 0.4) is 0 Å². The Kier molecular flexibility index (Phi) is 6.77. The van der Waals surface area contributed by atoms with Gasteiger partial charge in [-0.2, -0.15) is 0 Å². The highest BCUT2D eigenvalue weighted by Gasteiger charge is 2.29. The molecule has 0 aliphatic heterocycles. The van der Waals surface area contributed by atoms with Crippen molar-refractivity contribution >= 4 is 44.4 Å². The standard InChI is InChI=1S/C18H16INO.C9H7N/c1-2-18(19,14-8-4-3-5-9-14)21-17-12-6-11-16-15(17)10-7-13-20-16;1-2-6-9-8(4-1)5-3-7-10-9/h3-13H,2H2,1H3;1-7H. The summed E-state index contributed by atoms with van der Waals surface area (Å²) in [6.07, 6.45) is 4.50. The van der Waals surface area contributed by atoms with Crippen molar-refractivity contribution in [2.75, 3.05) is 0 Å². The number of para-hydroxylation sites is 1. The fourth-order valence-electron chi connectivity index (χ4n) is 3.38. The first-order chi connectivity index (χ1) is 15.2. The molecule has 0 spiro atoms. The Morgan fingerprint density at radius 2 is 1.35 bits per heavy atom. The maximum Gasteiger partial charge on any atom is 0.184 e. The molecule has 3 nitrogen and oxygen atoms in total. The minimum atomic E-state index is -0.372.